The minimum Gasteiger partial charge on any atom is -0.479 e. The van der Waals surface area contributed by atoms with Crippen LogP contribution in [-0.4, -0.2) is 46.2 Å². The van der Waals surface area contributed by atoms with Gasteiger partial charge in [0.15, 0.2) is 0 Å². The first-order chi connectivity index (χ1) is 10.1. The molecule has 0 saturated carbocycles. The van der Waals surface area contributed by atoms with Crippen LogP contribution in [0.2, 0.25) is 0 Å². The van der Waals surface area contributed by atoms with Crippen molar-refractivity contribution in [3.8, 4) is 0 Å². The Morgan fingerprint density at radius 2 is 1.90 bits per heavy atom. The second-order valence-corrected chi connectivity index (χ2v) is 6.27. The van der Waals surface area contributed by atoms with Crippen molar-refractivity contribution < 1.29 is 19.4 Å². The normalized spacial score (nSPS) is 17.0. The van der Waals surface area contributed by atoms with E-state index >= 15 is 0 Å². The molecular formula is C15H19NO4S. The fraction of sp³-hybridized carbons (Fsp3) is 0.467. The molecule has 1 aromatic rings. The minimum atomic E-state index is -1.14. The highest BCUT2D eigenvalue weighted by atomic mass is 32.2. The van der Waals surface area contributed by atoms with Gasteiger partial charge in [0, 0.05) is 7.05 Å². The summed E-state index contributed by atoms with van der Waals surface area (Å²) in [5, 5.41) is 9.53. The van der Waals surface area contributed by atoms with Crippen molar-refractivity contribution in [3.63, 3.8) is 0 Å². The lowest BCUT2D eigenvalue weighted by Gasteiger charge is -2.39. The summed E-state index contributed by atoms with van der Waals surface area (Å²) in [6, 6.07) is 9.33. The molecular weight excluding hydrogens is 290 g/mol. The van der Waals surface area contributed by atoms with Crippen LogP contribution in [0.3, 0.4) is 0 Å². The van der Waals surface area contributed by atoms with Gasteiger partial charge in [0.1, 0.15) is 12.1 Å². The molecule has 5 nitrogen and oxygen atoms in total. The molecule has 1 fully saturated rings. The first-order valence-electron chi connectivity index (χ1n) is 6.82. The molecule has 0 spiro atoms. The highest BCUT2D eigenvalue weighted by Gasteiger charge is 2.46. The van der Waals surface area contributed by atoms with E-state index in [1.807, 2.05) is 30.3 Å². The number of thioether (sulfide) groups is 1. The van der Waals surface area contributed by atoms with Crippen LogP contribution >= 0.6 is 11.8 Å². The van der Waals surface area contributed by atoms with Gasteiger partial charge >= 0.3 is 12.1 Å². The third-order valence-corrected chi connectivity index (χ3v) is 4.82. The van der Waals surface area contributed by atoms with E-state index in [0.29, 0.717) is 12.8 Å². The summed E-state index contributed by atoms with van der Waals surface area (Å²) < 4.78 is 5.24. The molecule has 1 aliphatic heterocycles. The predicted octanol–water partition coefficient (Wildman–Crippen LogP) is 2.61. The van der Waals surface area contributed by atoms with E-state index in [0.717, 1.165) is 17.1 Å². The van der Waals surface area contributed by atoms with E-state index in [9.17, 15) is 14.7 Å². The van der Waals surface area contributed by atoms with Gasteiger partial charge in [-0.25, -0.2) is 9.59 Å². The largest absolute Gasteiger partial charge is 0.479 e. The zero-order valence-corrected chi connectivity index (χ0v) is 12.8. The fourth-order valence-corrected chi connectivity index (χ4v) is 3.56. The lowest BCUT2D eigenvalue weighted by molar-refractivity contribution is -0.150. The summed E-state index contributed by atoms with van der Waals surface area (Å²) >= 11 is 1.71. The van der Waals surface area contributed by atoms with E-state index in [1.54, 1.807) is 11.8 Å². The number of carboxylic acids is 1. The smallest absolute Gasteiger partial charge is 0.410 e. The number of carbonyl (C=O) groups is 2. The molecule has 0 bridgehead atoms. The third-order valence-electron chi connectivity index (χ3n) is 3.84. The molecule has 1 aliphatic rings. The van der Waals surface area contributed by atoms with E-state index < -0.39 is 17.6 Å². The summed E-state index contributed by atoms with van der Waals surface area (Å²) in [6.07, 6.45) is 0.307. The van der Waals surface area contributed by atoms with E-state index in [1.165, 1.54) is 11.9 Å². The van der Waals surface area contributed by atoms with Crippen molar-refractivity contribution >= 4 is 23.8 Å². The van der Waals surface area contributed by atoms with Crippen LogP contribution in [-0.2, 0) is 16.1 Å². The zero-order valence-electron chi connectivity index (χ0n) is 11.9. The van der Waals surface area contributed by atoms with Gasteiger partial charge in [0.2, 0.25) is 0 Å². The van der Waals surface area contributed by atoms with Gasteiger partial charge in [-0.3, -0.25) is 4.90 Å². The second-order valence-electron chi connectivity index (χ2n) is 5.05. The van der Waals surface area contributed by atoms with Crippen LogP contribution in [0.5, 0.6) is 0 Å². The first-order valence-corrected chi connectivity index (χ1v) is 7.97. The molecule has 1 saturated heterocycles. The maximum Gasteiger partial charge on any atom is 0.410 e. The SMILES string of the molecule is CN(C(=O)OCc1ccccc1)C1(C(=O)O)CCSCC1. The molecule has 6 heteroatoms. The van der Waals surface area contributed by atoms with Gasteiger partial charge in [-0.1, -0.05) is 30.3 Å². The van der Waals surface area contributed by atoms with Crippen molar-refractivity contribution in [2.24, 2.45) is 0 Å². The Balaban J connectivity index is 2.01. The van der Waals surface area contributed by atoms with Gasteiger partial charge in [0.25, 0.3) is 0 Å². The lowest BCUT2D eigenvalue weighted by atomic mass is 9.91. The molecule has 1 aromatic carbocycles. The number of hydrogen-bond acceptors (Lipinski definition) is 4. The average molecular weight is 309 g/mol. The summed E-state index contributed by atoms with van der Waals surface area (Å²) in [4.78, 5) is 25.0. The van der Waals surface area contributed by atoms with Crippen LogP contribution < -0.4 is 0 Å². The van der Waals surface area contributed by atoms with E-state index in [-0.39, 0.29) is 6.61 Å². The van der Waals surface area contributed by atoms with Gasteiger partial charge in [-0.05, 0) is 29.9 Å². The molecule has 0 atom stereocenters. The highest BCUT2D eigenvalue weighted by Crippen LogP contribution is 2.32. The Morgan fingerprint density at radius 3 is 2.48 bits per heavy atom. The number of ether oxygens (including phenoxy) is 1. The zero-order chi connectivity index (χ0) is 15.3. The molecule has 0 radical (unpaired) electrons. The Labute approximate surface area is 128 Å². The van der Waals surface area contributed by atoms with E-state index in [4.69, 9.17) is 4.74 Å². The number of aliphatic carboxylic acids is 1. The number of likely N-dealkylation sites (N-methyl/N-ethyl adjacent to an activating group) is 1. The molecule has 1 N–H and O–H groups in total. The highest BCUT2D eigenvalue weighted by molar-refractivity contribution is 7.99. The number of carboxylic acid groups (broad SMARTS) is 1. The number of rotatable bonds is 4. The first kappa shape index (κ1) is 15.7. The van der Waals surface area contributed by atoms with Crippen LogP contribution in [0, 0.1) is 0 Å². The summed E-state index contributed by atoms with van der Waals surface area (Å²) in [5.41, 5.74) is -0.262. The lowest BCUT2D eigenvalue weighted by Crippen LogP contribution is -2.57. The second kappa shape index (κ2) is 6.85. The Morgan fingerprint density at radius 1 is 1.29 bits per heavy atom. The Hall–Kier alpha value is -1.69. The Bertz CT molecular complexity index is 500. The number of amides is 1. The van der Waals surface area contributed by atoms with Crippen LogP contribution in [0.4, 0.5) is 4.79 Å². The maximum absolute atomic E-state index is 12.2. The molecule has 1 heterocycles. The van der Waals surface area contributed by atoms with Gasteiger partial charge in [0.05, 0.1) is 0 Å². The maximum atomic E-state index is 12.2. The average Bonchev–Trinajstić information content (AvgIpc) is 2.53. The molecule has 0 unspecified atom stereocenters. The van der Waals surface area contributed by atoms with Crippen LogP contribution in [0.1, 0.15) is 18.4 Å². The predicted molar refractivity (Wildman–Crippen MR) is 81.3 cm³/mol. The van der Waals surface area contributed by atoms with Crippen molar-refractivity contribution in [2.75, 3.05) is 18.6 Å². The topological polar surface area (TPSA) is 66.8 Å². The van der Waals surface area contributed by atoms with Crippen molar-refractivity contribution in [1.29, 1.82) is 0 Å². The van der Waals surface area contributed by atoms with Crippen molar-refractivity contribution in [1.82, 2.24) is 4.90 Å². The number of carbonyl (C=O) groups excluding carboxylic acids is 1. The Kier molecular flexibility index (Phi) is 5.12. The van der Waals surface area contributed by atoms with Gasteiger partial charge in [-0.15, -0.1) is 0 Å². The molecule has 2 rings (SSSR count). The standard InChI is InChI=1S/C15H19NO4S/c1-16(15(13(17)18)7-9-21-10-8-15)14(19)20-11-12-5-3-2-4-6-12/h2-6H,7-11H2,1H3,(H,17,18). The van der Waals surface area contributed by atoms with Crippen molar-refractivity contribution in [3.05, 3.63) is 35.9 Å². The summed E-state index contributed by atoms with van der Waals surface area (Å²) in [5.74, 6) is 0.521. The monoisotopic (exact) mass is 309 g/mol. The third kappa shape index (κ3) is 3.50. The van der Waals surface area contributed by atoms with Crippen molar-refractivity contribution in [2.45, 2.75) is 25.0 Å². The fourth-order valence-electron chi connectivity index (χ4n) is 2.39. The number of benzene rings is 1. The molecule has 114 valence electrons. The summed E-state index contributed by atoms with van der Waals surface area (Å²) in [7, 11) is 1.51. The number of nitrogens with zero attached hydrogens (tertiary/aromatic N) is 1. The van der Waals surface area contributed by atoms with Gasteiger partial charge in [-0.2, -0.15) is 11.8 Å². The van der Waals surface area contributed by atoms with E-state index in [2.05, 4.69) is 0 Å². The van der Waals surface area contributed by atoms with Crippen LogP contribution in [0.25, 0.3) is 0 Å². The number of hydrogen-bond donors (Lipinski definition) is 1. The molecule has 21 heavy (non-hydrogen) atoms. The quantitative estimate of drug-likeness (QED) is 0.926. The summed E-state index contributed by atoms with van der Waals surface area (Å²) in [6.45, 7) is 0.147. The van der Waals surface area contributed by atoms with Crippen LogP contribution in [0.15, 0.2) is 30.3 Å². The molecule has 0 aliphatic carbocycles. The molecule has 0 aromatic heterocycles. The van der Waals surface area contributed by atoms with Gasteiger partial charge < -0.3 is 9.84 Å². The minimum absolute atomic E-state index is 0.147. The molecule has 1 amide bonds.